The van der Waals surface area contributed by atoms with E-state index in [-0.39, 0.29) is 55.5 Å². The van der Waals surface area contributed by atoms with Crippen LogP contribution in [0.2, 0.25) is 63.0 Å². The van der Waals surface area contributed by atoms with Gasteiger partial charge in [0.1, 0.15) is 0 Å². The Bertz CT molecular complexity index is 582. The molecule has 0 aromatic heterocycles. The van der Waals surface area contributed by atoms with Crippen molar-refractivity contribution in [1.29, 1.82) is 0 Å². The fraction of sp³-hybridized carbons (Fsp3) is 0.867. The molecule has 7 unspecified atom stereocenters. The molecule has 0 saturated heterocycles. The minimum atomic E-state index is -1.17. The SMILES string of the molecule is C[Si](C)(C)CC1CCC([Si](C)(C)[Si](C)(C)C2CCC3C4CCCCC4CCC32)C1.[CH3-].[CH3-].[CH3-].[CH3-].[Hf+4]. The number of hydrogen-bond donors (Lipinski definition) is 0. The summed E-state index contributed by atoms with van der Waals surface area (Å²) < 4.78 is 0. The van der Waals surface area contributed by atoms with Gasteiger partial charge in [-0.05, 0) is 66.4 Å². The fourth-order valence-electron chi connectivity index (χ4n) is 9.29. The fourth-order valence-corrected chi connectivity index (χ4v) is 25.5. The van der Waals surface area contributed by atoms with Gasteiger partial charge in [0.15, 0.2) is 0 Å². The maximum atomic E-state index is 2.91. The molecule has 0 aromatic rings. The molecular formula is C30H64HfSi3. The standard InChI is InChI=1S/C26H52Si3.4CH3.Hf/c1-27(2,3)19-20-12-14-22(18-20)28(4,5)29(6,7)26-17-16-24-23-11-9-8-10-21(23)13-15-25(24)26;;;;;/h20-26H,8-19H2,1-7H3;4*1H3;/q;4*-1;+4. The zero-order chi connectivity index (χ0) is 21.0. The number of fused-ring (bicyclic) bond motifs is 3. The van der Waals surface area contributed by atoms with Crippen molar-refractivity contribution >= 4 is 23.3 Å². The summed E-state index contributed by atoms with van der Waals surface area (Å²) in [6.45, 7) is 19.4. The zero-order valence-electron chi connectivity index (χ0n) is 25.5. The summed E-state index contributed by atoms with van der Waals surface area (Å²) in [4.78, 5) is 0. The maximum Gasteiger partial charge on any atom is 4.00 e. The smallest absolute Gasteiger partial charge is 0.358 e. The van der Waals surface area contributed by atoms with Crippen molar-refractivity contribution < 1.29 is 25.8 Å². The summed E-state index contributed by atoms with van der Waals surface area (Å²) in [7, 11) is -3.21. The molecule has 0 amide bonds. The Kier molecular flexibility index (Phi) is 15.6. The predicted octanol–water partition coefficient (Wildman–Crippen LogP) is 10.8. The molecule has 0 aliphatic heterocycles. The van der Waals surface area contributed by atoms with E-state index >= 15 is 0 Å². The summed E-state index contributed by atoms with van der Waals surface area (Å²) in [5, 5.41) is 0. The first kappa shape index (κ1) is 37.7. The first-order valence-electron chi connectivity index (χ1n) is 13.5. The van der Waals surface area contributed by atoms with Crippen LogP contribution in [0, 0.1) is 59.3 Å². The molecule has 200 valence electrons. The van der Waals surface area contributed by atoms with Gasteiger partial charge in [-0.25, -0.2) is 0 Å². The molecule has 4 aliphatic rings. The summed E-state index contributed by atoms with van der Waals surface area (Å²) in [5.74, 6) is 5.68. The van der Waals surface area contributed by atoms with Crippen molar-refractivity contribution in [1.82, 2.24) is 0 Å². The Morgan fingerprint density at radius 1 is 0.559 bits per heavy atom. The average Bonchev–Trinajstić information content (AvgIpc) is 3.27. The molecule has 0 spiro atoms. The van der Waals surface area contributed by atoms with Crippen LogP contribution in [0.4, 0.5) is 0 Å². The van der Waals surface area contributed by atoms with Crippen molar-refractivity contribution in [2.45, 2.75) is 134 Å². The minimum absolute atomic E-state index is 0. The normalized spacial score (nSPS) is 35.2. The molecule has 4 heteroatoms. The van der Waals surface area contributed by atoms with Gasteiger partial charge in [-0.2, -0.15) is 0 Å². The Labute approximate surface area is 240 Å². The van der Waals surface area contributed by atoms with Crippen LogP contribution in [-0.2, 0) is 25.8 Å². The van der Waals surface area contributed by atoms with Crippen LogP contribution in [0.1, 0.15) is 70.6 Å². The summed E-state index contributed by atoms with van der Waals surface area (Å²) in [6.07, 6.45) is 17.6. The Morgan fingerprint density at radius 3 is 1.76 bits per heavy atom. The van der Waals surface area contributed by atoms with Gasteiger partial charge in [0.2, 0.25) is 0 Å². The average molecular weight is 688 g/mol. The van der Waals surface area contributed by atoms with Gasteiger partial charge in [-0.1, -0.05) is 96.8 Å². The first-order chi connectivity index (χ1) is 13.5. The molecule has 34 heavy (non-hydrogen) atoms. The summed E-state index contributed by atoms with van der Waals surface area (Å²) >= 11 is 0. The molecule has 4 rings (SSSR count). The van der Waals surface area contributed by atoms with Gasteiger partial charge in [0, 0.05) is 23.3 Å². The molecular weight excluding hydrogens is 623 g/mol. The van der Waals surface area contributed by atoms with E-state index in [1.807, 2.05) is 0 Å². The van der Waals surface area contributed by atoms with Crippen LogP contribution in [0.15, 0.2) is 0 Å². The minimum Gasteiger partial charge on any atom is -0.358 e. The van der Waals surface area contributed by atoms with E-state index in [2.05, 4.69) is 45.8 Å². The van der Waals surface area contributed by atoms with E-state index in [0.717, 1.165) is 35.1 Å². The van der Waals surface area contributed by atoms with E-state index in [1.54, 1.807) is 76.7 Å². The number of hydrogen-bond acceptors (Lipinski definition) is 0. The molecule has 0 N–H and O–H groups in total. The van der Waals surface area contributed by atoms with E-state index in [1.165, 1.54) is 5.54 Å². The molecule has 0 heterocycles. The van der Waals surface area contributed by atoms with Crippen LogP contribution >= 0.6 is 0 Å². The van der Waals surface area contributed by atoms with Crippen LogP contribution in [-0.4, -0.2) is 23.3 Å². The maximum absolute atomic E-state index is 2.91. The van der Waals surface area contributed by atoms with Crippen molar-refractivity contribution in [2.75, 3.05) is 0 Å². The quantitative estimate of drug-likeness (QED) is 0.199. The van der Waals surface area contributed by atoms with Crippen molar-refractivity contribution in [3.63, 3.8) is 0 Å². The van der Waals surface area contributed by atoms with Gasteiger partial charge in [-0.15, -0.1) is 0 Å². The van der Waals surface area contributed by atoms with Crippen LogP contribution in [0.25, 0.3) is 0 Å². The summed E-state index contributed by atoms with van der Waals surface area (Å²) in [6, 6.07) is 1.60. The second-order valence-electron chi connectivity index (χ2n) is 14.4. The van der Waals surface area contributed by atoms with Crippen molar-refractivity contribution in [2.24, 2.45) is 29.6 Å². The first-order valence-corrected chi connectivity index (χ1v) is 24.4. The molecule has 0 nitrogen and oxygen atoms in total. The van der Waals surface area contributed by atoms with Gasteiger partial charge < -0.3 is 29.7 Å². The van der Waals surface area contributed by atoms with Gasteiger partial charge >= 0.3 is 25.8 Å². The zero-order valence-corrected chi connectivity index (χ0v) is 32.1. The second-order valence-corrected chi connectivity index (χ2v) is 36.1. The van der Waals surface area contributed by atoms with E-state index in [4.69, 9.17) is 0 Å². The van der Waals surface area contributed by atoms with Gasteiger partial charge in [0.05, 0.1) is 0 Å². The number of rotatable bonds is 5. The molecule has 0 bridgehead atoms. The largest absolute Gasteiger partial charge is 4.00 e. The van der Waals surface area contributed by atoms with Crippen LogP contribution in [0.5, 0.6) is 0 Å². The second kappa shape index (κ2) is 14.1. The van der Waals surface area contributed by atoms with Crippen molar-refractivity contribution in [3.05, 3.63) is 29.7 Å². The molecule has 4 fully saturated rings. The topological polar surface area (TPSA) is 0 Å². The van der Waals surface area contributed by atoms with Gasteiger partial charge in [-0.3, -0.25) is 0 Å². The van der Waals surface area contributed by atoms with E-state index < -0.39 is 23.3 Å². The van der Waals surface area contributed by atoms with Crippen LogP contribution < -0.4 is 0 Å². The van der Waals surface area contributed by atoms with Crippen molar-refractivity contribution in [3.8, 4) is 0 Å². The molecule has 4 aliphatic carbocycles. The predicted molar refractivity (Wildman–Crippen MR) is 165 cm³/mol. The third-order valence-corrected chi connectivity index (χ3v) is 33.9. The Hall–Kier alpha value is 1.52. The summed E-state index contributed by atoms with van der Waals surface area (Å²) in [5.41, 5.74) is 2.35. The molecule has 7 atom stereocenters. The monoisotopic (exact) mass is 688 g/mol. The van der Waals surface area contributed by atoms with Gasteiger partial charge in [0.25, 0.3) is 0 Å². The Morgan fingerprint density at radius 2 is 1.15 bits per heavy atom. The molecule has 4 saturated carbocycles. The van der Waals surface area contributed by atoms with Crippen LogP contribution in [0.3, 0.4) is 0 Å². The third kappa shape index (κ3) is 7.34. The molecule has 0 aromatic carbocycles. The Balaban J connectivity index is 0. The third-order valence-electron chi connectivity index (χ3n) is 11.3. The van der Waals surface area contributed by atoms with E-state index in [9.17, 15) is 0 Å². The molecule has 0 radical (unpaired) electrons. The van der Waals surface area contributed by atoms with E-state index in [0.29, 0.717) is 0 Å².